The highest BCUT2D eigenvalue weighted by atomic mass is 32.2. The van der Waals surface area contributed by atoms with Crippen molar-refractivity contribution >= 4 is 21.9 Å². The number of carbonyl (C=O) groups excluding carboxylic acids is 1. The molecule has 1 saturated heterocycles. The molecule has 0 saturated carbocycles. The third-order valence-corrected chi connectivity index (χ3v) is 7.36. The average Bonchev–Trinajstić information content (AvgIpc) is 3.18. The fourth-order valence-electron chi connectivity index (χ4n) is 3.59. The normalized spacial score (nSPS) is 15.6. The zero-order chi connectivity index (χ0) is 21.7. The highest BCUT2D eigenvalue weighted by molar-refractivity contribution is 7.89. The second kappa shape index (κ2) is 9.52. The van der Waals surface area contributed by atoms with E-state index in [0.717, 1.165) is 0 Å². The van der Waals surface area contributed by atoms with Crippen LogP contribution in [0.1, 0.15) is 26.2 Å². The van der Waals surface area contributed by atoms with Gasteiger partial charge in [0.1, 0.15) is 5.69 Å². The lowest BCUT2D eigenvalue weighted by Gasteiger charge is -2.31. The molecule has 0 aliphatic carbocycles. The first kappa shape index (κ1) is 22.2. The van der Waals surface area contributed by atoms with Gasteiger partial charge in [0.15, 0.2) is 5.82 Å². The van der Waals surface area contributed by atoms with Gasteiger partial charge in [-0.05, 0) is 38.3 Å². The predicted octanol–water partition coefficient (Wildman–Crippen LogP) is 0.713. The van der Waals surface area contributed by atoms with Gasteiger partial charge < -0.3 is 10.6 Å². The van der Waals surface area contributed by atoms with Gasteiger partial charge in [0.2, 0.25) is 21.9 Å². The number of aromatic nitrogens is 4. The molecule has 1 aliphatic heterocycles. The number of nitrogens with two attached hydrogens (primary N) is 1. The van der Waals surface area contributed by atoms with Crippen molar-refractivity contribution in [1.82, 2.24) is 24.1 Å². The smallest absolute Gasteiger partial charge is 0.227 e. The Morgan fingerprint density at radius 2 is 2.00 bits per heavy atom. The van der Waals surface area contributed by atoms with Crippen LogP contribution in [-0.2, 0) is 21.4 Å². The summed E-state index contributed by atoms with van der Waals surface area (Å²) in [4.78, 5) is 18.0. The summed E-state index contributed by atoms with van der Waals surface area (Å²) in [6.07, 6.45) is 3.67. The molecule has 2 aromatic rings. The minimum atomic E-state index is -3.22. The largest absolute Gasteiger partial charge is 0.369 e. The molecule has 3 rings (SSSR count). The minimum Gasteiger partial charge on any atom is -0.369 e. The molecule has 30 heavy (non-hydrogen) atoms. The Balaban J connectivity index is 1.80. The number of rotatable bonds is 9. The first-order valence-electron chi connectivity index (χ1n) is 10.2. The van der Waals surface area contributed by atoms with Gasteiger partial charge >= 0.3 is 0 Å². The van der Waals surface area contributed by atoms with Crippen LogP contribution in [0.5, 0.6) is 0 Å². The van der Waals surface area contributed by atoms with E-state index in [1.807, 2.05) is 22.8 Å². The number of carbonyl (C=O) groups is 1. The number of hydrogen-bond donors (Lipinski definition) is 1. The van der Waals surface area contributed by atoms with Gasteiger partial charge in [-0.1, -0.05) is 6.07 Å². The van der Waals surface area contributed by atoms with E-state index in [4.69, 9.17) is 5.73 Å². The van der Waals surface area contributed by atoms with Gasteiger partial charge in [-0.2, -0.15) is 0 Å². The van der Waals surface area contributed by atoms with Crippen molar-refractivity contribution in [3.63, 3.8) is 0 Å². The second-order valence-corrected chi connectivity index (χ2v) is 9.79. The summed E-state index contributed by atoms with van der Waals surface area (Å²) in [5.74, 6) is 1.06. The monoisotopic (exact) mass is 435 g/mol. The zero-order valence-electron chi connectivity index (χ0n) is 17.4. The summed E-state index contributed by atoms with van der Waals surface area (Å²) >= 11 is 0. The number of amides is 1. The Morgan fingerprint density at radius 1 is 1.27 bits per heavy atom. The number of anilines is 1. The molecule has 0 radical (unpaired) electrons. The topological polar surface area (TPSA) is 127 Å². The third kappa shape index (κ3) is 4.96. The predicted molar refractivity (Wildman–Crippen MR) is 114 cm³/mol. The first-order chi connectivity index (χ1) is 14.3. The molecule has 1 fully saturated rings. The van der Waals surface area contributed by atoms with Crippen LogP contribution in [0.2, 0.25) is 0 Å². The van der Waals surface area contributed by atoms with E-state index in [2.05, 4.69) is 20.1 Å². The summed E-state index contributed by atoms with van der Waals surface area (Å²) in [6.45, 7) is 3.92. The van der Waals surface area contributed by atoms with Crippen molar-refractivity contribution in [2.45, 2.75) is 32.7 Å². The number of primary amides is 1. The molecular formula is C19H29N7O3S. The summed E-state index contributed by atoms with van der Waals surface area (Å²) in [7, 11) is -1.62. The molecule has 1 aliphatic rings. The number of sulfonamides is 1. The summed E-state index contributed by atoms with van der Waals surface area (Å²) in [6, 6.07) is 5.60. The summed E-state index contributed by atoms with van der Waals surface area (Å²) in [5, 5.41) is 8.76. The highest BCUT2D eigenvalue weighted by Crippen LogP contribution is 2.26. The van der Waals surface area contributed by atoms with Gasteiger partial charge in [-0.25, -0.2) is 12.7 Å². The van der Waals surface area contributed by atoms with Crippen molar-refractivity contribution in [3.8, 4) is 11.5 Å². The van der Waals surface area contributed by atoms with E-state index in [9.17, 15) is 13.2 Å². The van der Waals surface area contributed by atoms with Gasteiger partial charge in [0.25, 0.3) is 0 Å². The number of piperidine rings is 1. The van der Waals surface area contributed by atoms with Gasteiger partial charge in [0.05, 0.1) is 5.75 Å². The fraction of sp³-hybridized carbons (Fsp3) is 0.579. The molecule has 2 N–H and O–H groups in total. The lowest BCUT2D eigenvalue weighted by molar-refractivity contribution is -0.122. The lowest BCUT2D eigenvalue weighted by Crippen LogP contribution is -2.39. The van der Waals surface area contributed by atoms with Gasteiger partial charge in [-0.3, -0.25) is 14.3 Å². The fourth-order valence-corrected chi connectivity index (χ4v) is 4.44. The second-order valence-electron chi connectivity index (χ2n) is 7.43. The van der Waals surface area contributed by atoms with Crippen LogP contribution in [0.3, 0.4) is 0 Å². The number of nitrogens with zero attached hydrogens (tertiary/aromatic N) is 6. The average molecular weight is 436 g/mol. The van der Waals surface area contributed by atoms with Crippen LogP contribution < -0.4 is 10.6 Å². The zero-order valence-corrected chi connectivity index (χ0v) is 18.3. The van der Waals surface area contributed by atoms with Crippen molar-refractivity contribution in [3.05, 3.63) is 24.4 Å². The number of hydrogen-bond acceptors (Lipinski definition) is 7. The molecule has 3 heterocycles. The maximum absolute atomic E-state index is 12.0. The Hall–Kier alpha value is -2.53. The van der Waals surface area contributed by atoms with Crippen LogP contribution >= 0.6 is 0 Å². The molecule has 0 unspecified atom stereocenters. The van der Waals surface area contributed by atoms with Crippen LogP contribution in [0.15, 0.2) is 24.4 Å². The van der Waals surface area contributed by atoms with E-state index < -0.39 is 10.0 Å². The molecule has 164 valence electrons. The molecule has 2 aromatic heterocycles. The minimum absolute atomic E-state index is 0.0787. The Bertz CT molecular complexity index is 954. The Labute approximate surface area is 177 Å². The maximum atomic E-state index is 12.0. The van der Waals surface area contributed by atoms with E-state index in [0.29, 0.717) is 62.9 Å². The molecule has 0 atom stereocenters. The van der Waals surface area contributed by atoms with Crippen LogP contribution in [0, 0.1) is 5.92 Å². The first-order valence-corrected chi connectivity index (χ1v) is 11.8. The summed E-state index contributed by atoms with van der Waals surface area (Å²) in [5.41, 5.74) is 6.16. The van der Waals surface area contributed by atoms with Crippen LogP contribution in [0.4, 0.5) is 5.95 Å². The molecule has 10 nitrogen and oxygen atoms in total. The van der Waals surface area contributed by atoms with E-state index in [-0.39, 0.29) is 17.6 Å². The van der Waals surface area contributed by atoms with Crippen LogP contribution in [0.25, 0.3) is 11.5 Å². The molecule has 0 aromatic carbocycles. The molecule has 0 spiro atoms. The van der Waals surface area contributed by atoms with E-state index >= 15 is 0 Å². The van der Waals surface area contributed by atoms with Gasteiger partial charge in [0, 0.05) is 45.3 Å². The van der Waals surface area contributed by atoms with E-state index in [1.54, 1.807) is 20.2 Å². The quantitative estimate of drug-likeness (QED) is 0.614. The standard InChI is InChI=1S/C19H29N7O3S/c1-3-30(28,29)24(2)11-6-12-26-18(16-7-4-5-10-21-16)22-23-19(26)25-13-8-15(9-14-25)17(20)27/h4-5,7,10,15H,3,6,8-9,11-14H2,1-2H3,(H2,20,27). The van der Waals surface area contributed by atoms with E-state index in [1.165, 1.54) is 4.31 Å². The maximum Gasteiger partial charge on any atom is 0.227 e. The molecule has 11 heteroatoms. The highest BCUT2D eigenvalue weighted by Gasteiger charge is 2.27. The van der Waals surface area contributed by atoms with Crippen molar-refractivity contribution in [2.75, 3.05) is 37.3 Å². The third-order valence-electron chi connectivity index (χ3n) is 5.50. The Kier molecular flexibility index (Phi) is 7.03. The van der Waals surface area contributed by atoms with Gasteiger partial charge in [-0.15, -0.1) is 10.2 Å². The van der Waals surface area contributed by atoms with Crippen molar-refractivity contribution in [1.29, 1.82) is 0 Å². The summed E-state index contributed by atoms with van der Waals surface area (Å²) < 4.78 is 27.4. The van der Waals surface area contributed by atoms with Crippen molar-refractivity contribution in [2.24, 2.45) is 11.7 Å². The Morgan fingerprint density at radius 3 is 2.60 bits per heavy atom. The van der Waals surface area contributed by atoms with Crippen LogP contribution in [-0.4, -0.2) is 70.8 Å². The van der Waals surface area contributed by atoms with Crippen molar-refractivity contribution < 1.29 is 13.2 Å². The SMILES string of the molecule is CCS(=O)(=O)N(C)CCCn1c(-c2ccccn2)nnc1N1CCC(C(N)=O)CC1. The molecular weight excluding hydrogens is 406 g/mol. The molecule has 1 amide bonds. The lowest BCUT2D eigenvalue weighted by atomic mass is 9.96. The molecule has 0 bridgehead atoms. The number of pyridine rings is 1.